The summed E-state index contributed by atoms with van der Waals surface area (Å²) in [5, 5.41) is 15.4. The van der Waals surface area contributed by atoms with Crippen LogP contribution in [0.15, 0.2) is 30.9 Å². The molecular formula is C18H24F3N7O2. The van der Waals surface area contributed by atoms with E-state index in [1.54, 1.807) is 18.5 Å². The Bertz CT molecular complexity index is 838. The van der Waals surface area contributed by atoms with Crippen molar-refractivity contribution in [3.05, 3.63) is 36.7 Å². The predicted molar refractivity (Wildman–Crippen MR) is 102 cm³/mol. The molecule has 0 radical (unpaired) electrons. The number of hydrogen-bond donors (Lipinski definition) is 3. The molecule has 1 atom stereocenters. The summed E-state index contributed by atoms with van der Waals surface area (Å²) in [5.74, 6) is 0.105. The molecule has 1 saturated heterocycles. The van der Waals surface area contributed by atoms with Crippen LogP contribution in [0.1, 0.15) is 25.1 Å². The fourth-order valence-corrected chi connectivity index (χ4v) is 3.42. The number of halogens is 3. The second kappa shape index (κ2) is 8.86. The number of aromatic nitrogens is 4. The molecule has 9 nitrogen and oxygen atoms in total. The molecule has 1 aliphatic rings. The van der Waals surface area contributed by atoms with E-state index in [0.29, 0.717) is 31.9 Å². The number of hydrogen-bond acceptors (Lipinski definition) is 6. The third-order valence-electron chi connectivity index (χ3n) is 5.10. The van der Waals surface area contributed by atoms with Crippen molar-refractivity contribution in [2.45, 2.75) is 37.1 Å². The average molecular weight is 427 g/mol. The summed E-state index contributed by atoms with van der Waals surface area (Å²) in [4.78, 5) is 26.1. The minimum Gasteiger partial charge on any atom is -0.374 e. The number of amides is 2. The summed E-state index contributed by atoms with van der Waals surface area (Å²) in [6.45, 7) is 0.940. The number of aliphatic hydroxyl groups is 1. The summed E-state index contributed by atoms with van der Waals surface area (Å²) >= 11 is 0. The molecule has 0 aliphatic carbocycles. The van der Waals surface area contributed by atoms with Gasteiger partial charge in [0.1, 0.15) is 5.82 Å². The first-order valence-corrected chi connectivity index (χ1v) is 9.54. The van der Waals surface area contributed by atoms with Gasteiger partial charge in [-0.2, -0.15) is 13.2 Å². The van der Waals surface area contributed by atoms with Crippen LogP contribution in [0.2, 0.25) is 0 Å². The summed E-state index contributed by atoms with van der Waals surface area (Å²) in [7, 11) is 1.37. The van der Waals surface area contributed by atoms with Crippen LogP contribution in [0.25, 0.3) is 0 Å². The van der Waals surface area contributed by atoms with Gasteiger partial charge in [0.05, 0.1) is 0 Å². The van der Waals surface area contributed by atoms with Crippen molar-refractivity contribution in [3.8, 4) is 0 Å². The van der Waals surface area contributed by atoms with Crippen molar-refractivity contribution >= 4 is 12.0 Å². The van der Waals surface area contributed by atoms with Gasteiger partial charge in [-0.15, -0.1) is 0 Å². The van der Waals surface area contributed by atoms with E-state index in [2.05, 4.69) is 25.6 Å². The maximum Gasteiger partial charge on any atom is 0.424 e. The van der Waals surface area contributed by atoms with Crippen molar-refractivity contribution in [3.63, 3.8) is 0 Å². The molecule has 1 aliphatic heterocycles. The number of nitrogens with one attached hydrogen (secondary N) is 2. The second-order valence-electron chi connectivity index (χ2n) is 7.18. The highest BCUT2D eigenvalue weighted by molar-refractivity contribution is 5.74. The molecule has 3 heterocycles. The smallest absolute Gasteiger partial charge is 0.374 e. The van der Waals surface area contributed by atoms with E-state index in [9.17, 15) is 23.1 Å². The Kier molecular flexibility index (Phi) is 6.44. The van der Waals surface area contributed by atoms with Gasteiger partial charge < -0.3 is 25.2 Å². The molecule has 0 saturated carbocycles. The quantitative estimate of drug-likeness (QED) is 0.642. The van der Waals surface area contributed by atoms with Crippen molar-refractivity contribution in [1.82, 2.24) is 30.2 Å². The van der Waals surface area contributed by atoms with Crippen molar-refractivity contribution < 1.29 is 23.1 Å². The highest BCUT2D eigenvalue weighted by Gasteiger charge is 2.57. The Labute approximate surface area is 171 Å². The maximum absolute atomic E-state index is 13.5. The summed E-state index contributed by atoms with van der Waals surface area (Å²) in [5.41, 5.74) is -3.15. The minimum atomic E-state index is -4.93. The lowest BCUT2D eigenvalue weighted by Gasteiger charge is -2.32. The molecule has 3 N–H and O–H groups in total. The summed E-state index contributed by atoms with van der Waals surface area (Å²) < 4.78 is 41.5. The van der Waals surface area contributed by atoms with Crippen LogP contribution >= 0.6 is 0 Å². The Morgan fingerprint density at radius 2 is 1.87 bits per heavy atom. The maximum atomic E-state index is 13.5. The number of alkyl halides is 3. The van der Waals surface area contributed by atoms with Gasteiger partial charge in [-0.3, -0.25) is 0 Å². The number of rotatable bonds is 6. The minimum absolute atomic E-state index is 0.110. The molecule has 2 aromatic heterocycles. The standard InChI is InChI=1S/C18H24F3N7O2/c1-27-12-9-22-14(27)17(30,18(19,20)21)5-8-25-16(29)26-13-3-10-28(11-4-13)15-23-6-2-7-24-15/h2,6-7,9,12-13,30H,3-5,8,10-11H2,1H3,(H2,25,26,29). The molecule has 0 aromatic carbocycles. The van der Waals surface area contributed by atoms with Crippen LogP contribution in [0.5, 0.6) is 0 Å². The largest absolute Gasteiger partial charge is 0.424 e. The zero-order valence-corrected chi connectivity index (χ0v) is 16.4. The van der Waals surface area contributed by atoms with Crippen LogP contribution in [0.3, 0.4) is 0 Å². The SMILES string of the molecule is Cn1ccnc1C(O)(CCNC(=O)NC1CCN(c2ncccn2)CC1)C(F)(F)F. The van der Waals surface area contributed by atoms with E-state index in [-0.39, 0.29) is 12.6 Å². The van der Waals surface area contributed by atoms with Gasteiger partial charge in [0.25, 0.3) is 0 Å². The number of carbonyl (C=O) groups is 1. The molecule has 164 valence electrons. The van der Waals surface area contributed by atoms with Gasteiger partial charge in [-0.1, -0.05) is 0 Å². The molecule has 3 rings (SSSR count). The molecule has 0 spiro atoms. The van der Waals surface area contributed by atoms with Crippen LogP contribution in [-0.4, -0.2) is 62.5 Å². The lowest BCUT2D eigenvalue weighted by atomic mass is 9.97. The van der Waals surface area contributed by atoms with Crippen LogP contribution in [0.4, 0.5) is 23.9 Å². The number of piperidine rings is 1. The highest BCUT2D eigenvalue weighted by Crippen LogP contribution is 2.40. The van der Waals surface area contributed by atoms with E-state index >= 15 is 0 Å². The normalized spacial score (nSPS) is 17.4. The molecule has 1 unspecified atom stereocenters. The van der Waals surface area contributed by atoms with Crippen LogP contribution in [-0.2, 0) is 12.6 Å². The molecule has 2 aromatic rings. The first-order chi connectivity index (χ1) is 14.2. The molecule has 12 heteroatoms. The Morgan fingerprint density at radius 3 is 2.43 bits per heavy atom. The Morgan fingerprint density at radius 1 is 1.20 bits per heavy atom. The van der Waals surface area contributed by atoms with E-state index in [1.165, 1.54) is 19.4 Å². The Hall–Kier alpha value is -2.89. The van der Waals surface area contributed by atoms with Crippen molar-refractivity contribution in [2.75, 3.05) is 24.5 Å². The number of carbonyl (C=O) groups excluding carboxylic acids is 1. The van der Waals surface area contributed by atoms with Gasteiger partial charge in [0.2, 0.25) is 11.5 Å². The lowest BCUT2D eigenvalue weighted by molar-refractivity contribution is -0.272. The summed E-state index contributed by atoms with van der Waals surface area (Å²) in [6, 6.07) is 1.05. The van der Waals surface area contributed by atoms with Crippen molar-refractivity contribution in [2.24, 2.45) is 7.05 Å². The van der Waals surface area contributed by atoms with Gasteiger partial charge in [-0.25, -0.2) is 19.7 Å². The molecule has 0 bridgehead atoms. The number of urea groups is 1. The topological polar surface area (TPSA) is 108 Å². The molecule has 2 amide bonds. The zero-order chi connectivity index (χ0) is 21.8. The van der Waals surface area contributed by atoms with Gasteiger partial charge in [-0.05, 0) is 18.9 Å². The van der Waals surface area contributed by atoms with Crippen LogP contribution < -0.4 is 15.5 Å². The second-order valence-corrected chi connectivity index (χ2v) is 7.18. The number of aryl methyl sites for hydroxylation is 1. The van der Waals surface area contributed by atoms with E-state index < -0.39 is 30.1 Å². The molecule has 1 fully saturated rings. The monoisotopic (exact) mass is 427 g/mol. The lowest BCUT2D eigenvalue weighted by Crippen LogP contribution is -2.50. The first kappa shape index (κ1) is 21.8. The van der Waals surface area contributed by atoms with E-state index in [0.717, 1.165) is 4.57 Å². The average Bonchev–Trinajstić information content (AvgIpc) is 3.14. The highest BCUT2D eigenvalue weighted by atomic mass is 19.4. The van der Waals surface area contributed by atoms with Gasteiger partial charge in [0.15, 0.2) is 0 Å². The first-order valence-electron chi connectivity index (χ1n) is 9.54. The molecular weight excluding hydrogens is 403 g/mol. The van der Waals surface area contributed by atoms with E-state index in [4.69, 9.17) is 0 Å². The zero-order valence-electron chi connectivity index (χ0n) is 16.4. The third kappa shape index (κ3) is 4.81. The van der Waals surface area contributed by atoms with E-state index in [1.807, 2.05) is 4.90 Å². The predicted octanol–water partition coefficient (Wildman–Crippen LogP) is 1.32. The fraction of sp³-hybridized carbons (Fsp3) is 0.556. The number of nitrogens with zero attached hydrogens (tertiary/aromatic N) is 5. The van der Waals surface area contributed by atoms with Crippen LogP contribution in [0, 0.1) is 0 Å². The fourth-order valence-electron chi connectivity index (χ4n) is 3.42. The summed E-state index contributed by atoms with van der Waals surface area (Å²) in [6.07, 6.45) is 1.45. The van der Waals surface area contributed by atoms with Gasteiger partial charge in [0, 0.05) is 63.9 Å². The third-order valence-corrected chi connectivity index (χ3v) is 5.10. The number of anilines is 1. The van der Waals surface area contributed by atoms with Gasteiger partial charge >= 0.3 is 12.2 Å². The van der Waals surface area contributed by atoms with Crippen molar-refractivity contribution in [1.29, 1.82) is 0 Å². The Balaban J connectivity index is 1.47. The molecule has 30 heavy (non-hydrogen) atoms. The number of imidazole rings is 1.